The predicted octanol–water partition coefficient (Wildman–Crippen LogP) is 1.45. The summed E-state index contributed by atoms with van der Waals surface area (Å²) in [6, 6.07) is 0. The Hall–Kier alpha value is -1.42. The van der Waals surface area contributed by atoms with Gasteiger partial charge in [-0.2, -0.15) is 0 Å². The van der Waals surface area contributed by atoms with Gasteiger partial charge in [0.2, 0.25) is 0 Å². The van der Waals surface area contributed by atoms with Crippen LogP contribution >= 0.6 is 0 Å². The van der Waals surface area contributed by atoms with Crippen molar-refractivity contribution in [1.82, 2.24) is 0 Å². The number of ketones is 2. The van der Waals surface area contributed by atoms with Crippen molar-refractivity contribution in [2.45, 2.75) is 38.2 Å². The van der Waals surface area contributed by atoms with Gasteiger partial charge in [0, 0.05) is 19.3 Å². The smallest absolute Gasteiger partial charge is 0.140 e. The first kappa shape index (κ1) is 12.6. The number of allylic oxidation sites excluding steroid dienone is 2. The monoisotopic (exact) mass is 224 g/mol. The molecule has 0 amide bonds. The zero-order valence-corrected chi connectivity index (χ0v) is 9.06. The molecule has 1 fully saturated rings. The van der Waals surface area contributed by atoms with Crippen LogP contribution in [0.1, 0.15) is 32.1 Å². The first-order chi connectivity index (χ1) is 7.58. The molecule has 0 bridgehead atoms. The van der Waals surface area contributed by atoms with Crippen molar-refractivity contribution >= 4 is 11.6 Å². The molecule has 0 saturated heterocycles. The summed E-state index contributed by atoms with van der Waals surface area (Å²) in [7, 11) is 0. The van der Waals surface area contributed by atoms with Crippen LogP contribution in [-0.4, -0.2) is 27.9 Å². The summed E-state index contributed by atoms with van der Waals surface area (Å²) in [5.41, 5.74) is 0. The molecule has 0 aromatic rings. The second-order valence-electron chi connectivity index (χ2n) is 3.92. The molecule has 0 aromatic heterocycles. The van der Waals surface area contributed by atoms with Crippen LogP contribution in [0, 0.1) is 0 Å². The van der Waals surface area contributed by atoms with Crippen LogP contribution < -0.4 is 0 Å². The third-order valence-corrected chi connectivity index (χ3v) is 2.35. The molecule has 2 aliphatic carbocycles. The summed E-state index contributed by atoms with van der Waals surface area (Å²) in [5.74, 6) is 0.475. The van der Waals surface area contributed by atoms with Crippen LogP contribution in [0.5, 0.6) is 0 Å². The fourth-order valence-electron chi connectivity index (χ4n) is 1.52. The standard InChI is InChI=1S/2C6H8O2/c2*7-5-2-1-3-6(8)4-5/h1-4H2;1-3,5,7-8H,4H2. The van der Waals surface area contributed by atoms with Crippen molar-refractivity contribution in [3.8, 4) is 0 Å². The van der Waals surface area contributed by atoms with Gasteiger partial charge in [0.25, 0.3) is 0 Å². The van der Waals surface area contributed by atoms with Crippen LogP contribution in [0.15, 0.2) is 24.0 Å². The number of carbonyl (C=O) groups is 2. The Labute approximate surface area is 94.3 Å². The molecule has 0 heterocycles. The zero-order chi connectivity index (χ0) is 12.0. The maximum absolute atomic E-state index is 10.5. The van der Waals surface area contributed by atoms with E-state index in [4.69, 9.17) is 10.2 Å². The quantitative estimate of drug-likeness (QED) is 0.611. The van der Waals surface area contributed by atoms with Gasteiger partial charge in [-0.25, -0.2) is 0 Å². The average molecular weight is 224 g/mol. The highest BCUT2D eigenvalue weighted by Crippen LogP contribution is 2.09. The lowest BCUT2D eigenvalue weighted by molar-refractivity contribution is -0.129. The Morgan fingerprint density at radius 1 is 1.19 bits per heavy atom. The van der Waals surface area contributed by atoms with E-state index in [0.717, 1.165) is 6.42 Å². The van der Waals surface area contributed by atoms with Gasteiger partial charge in [-0.15, -0.1) is 0 Å². The first-order valence-electron chi connectivity index (χ1n) is 5.35. The average Bonchev–Trinajstić information content (AvgIpc) is 2.17. The number of carbonyl (C=O) groups excluding carboxylic acids is 2. The van der Waals surface area contributed by atoms with Crippen molar-refractivity contribution in [1.29, 1.82) is 0 Å². The van der Waals surface area contributed by atoms with Gasteiger partial charge < -0.3 is 10.2 Å². The van der Waals surface area contributed by atoms with E-state index in [9.17, 15) is 9.59 Å². The number of Topliss-reactive ketones (excluding diaryl/α,β-unsaturated/α-hetero) is 2. The topological polar surface area (TPSA) is 74.6 Å². The Morgan fingerprint density at radius 3 is 2.12 bits per heavy atom. The minimum atomic E-state index is -0.486. The molecule has 4 heteroatoms. The van der Waals surface area contributed by atoms with Crippen LogP contribution in [0.2, 0.25) is 0 Å². The molecule has 2 N–H and O–H groups in total. The summed E-state index contributed by atoms with van der Waals surface area (Å²) in [6.07, 6.45) is 6.93. The van der Waals surface area contributed by atoms with Crippen molar-refractivity contribution in [3.05, 3.63) is 24.0 Å². The second kappa shape index (κ2) is 6.23. The molecule has 2 rings (SSSR count). The fourth-order valence-corrected chi connectivity index (χ4v) is 1.52. The number of hydrogen-bond acceptors (Lipinski definition) is 4. The molecule has 1 unspecified atom stereocenters. The molecule has 0 aromatic carbocycles. The van der Waals surface area contributed by atoms with E-state index in [1.807, 2.05) is 0 Å². The molecule has 4 nitrogen and oxygen atoms in total. The zero-order valence-electron chi connectivity index (χ0n) is 9.06. The Balaban J connectivity index is 0.000000160. The number of rotatable bonds is 0. The molecule has 0 radical (unpaired) electrons. The molecular formula is C12H16O4. The van der Waals surface area contributed by atoms with E-state index in [2.05, 4.69) is 0 Å². The van der Waals surface area contributed by atoms with Crippen molar-refractivity contribution in [2.75, 3.05) is 0 Å². The number of hydrogen-bond donors (Lipinski definition) is 2. The SMILES string of the molecule is O=C1CCCC(=O)C1.OC1=CC=CC(O)C1. The van der Waals surface area contributed by atoms with E-state index in [0.29, 0.717) is 19.3 Å². The molecule has 1 saturated carbocycles. The summed E-state index contributed by atoms with van der Waals surface area (Å²) in [6.45, 7) is 0. The highest BCUT2D eigenvalue weighted by Gasteiger charge is 2.14. The van der Waals surface area contributed by atoms with Gasteiger partial charge >= 0.3 is 0 Å². The first-order valence-corrected chi connectivity index (χ1v) is 5.35. The summed E-state index contributed by atoms with van der Waals surface area (Å²) in [4.78, 5) is 20.9. The lowest BCUT2D eigenvalue weighted by Gasteiger charge is -2.06. The third-order valence-electron chi connectivity index (χ3n) is 2.35. The van der Waals surface area contributed by atoms with E-state index in [1.54, 1.807) is 18.2 Å². The van der Waals surface area contributed by atoms with E-state index in [-0.39, 0.29) is 23.7 Å². The molecular weight excluding hydrogens is 208 g/mol. The summed E-state index contributed by atoms with van der Waals surface area (Å²) >= 11 is 0. The largest absolute Gasteiger partial charge is 0.512 e. The Bertz CT molecular complexity index is 314. The second-order valence-corrected chi connectivity index (χ2v) is 3.92. The minimum absolute atomic E-state index is 0.112. The maximum Gasteiger partial charge on any atom is 0.140 e. The third kappa shape index (κ3) is 4.89. The van der Waals surface area contributed by atoms with Crippen LogP contribution in [0.4, 0.5) is 0 Å². The molecule has 0 aliphatic heterocycles. The number of aliphatic hydroxyl groups excluding tert-OH is 2. The lowest BCUT2D eigenvalue weighted by Crippen LogP contribution is -2.13. The van der Waals surface area contributed by atoms with E-state index < -0.39 is 6.10 Å². The van der Waals surface area contributed by atoms with Crippen LogP contribution in [-0.2, 0) is 9.59 Å². The highest BCUT2D eigenvalue weighted by molar-refractivity contribution is 6.01. The van der Waals surface area contributed by atoms with Crippen LogP contribution in [0.3, 0.4) is 0 Å². The van der Waals surface area contributed by atoms with Gasteiger partial charge in [0.1, 0.15) is 11.6 Å². The fraction of sp³-hybridized carbons (Fsp3) is 0.500. The van der Waals surface area contributed by atoms with Crippen molar-refractivity contribution < 1.29 is 19.8 Å². The van der Waals surface area contributed by atoms with E-state index in [1.165, 1.54) is 0 Å². The van der Waals surface area contributed by atoms with Crippen molar-refractivity contribution in [2.24, 2.45) is 0 Å². The van der Waals surface area contributed by atoms with Crippen LogP contribution in [0.25, 0.3) is 0 Å². The molecule has 0 spiro atoms. The molecule has 2 aliphatic rings. The highest BCUT2D eigenvalue weighted by atomic mass is 16.3. The maximum atomic E-state index is 10.5. The number of aliphatic hydroxyl groups is 2. The van der Waals surface area contributed by atoms with E-state index >= 15 is 0 Å². The Morgan fingerprint density at radius 2 is 1.81 bits per heavy atom. The van der Waals surface area contributed by atoms with Gasteiger partial charge in [0.15, 0.2) is 0 Å². The lowest BCUT2D eigenvalue weighted by atomic mass is 9.98. The van der Waals surface area contributed by atoms with Gasteiger partial charge in [-0.05, 0) is 12.5 Å². The van der Waals surface area contributed by atoms with Gasteiger partial charge in [-0.1, -0.05) is 12.2 Å². The molecule has 1 atom stereocenters. The molecule has 88 valence electrons. The van der Waals surface area contributed by atoms with Gasteiger partial charge in [0.05, 0.1) is 18.3 Å². The summed E-state index contributed by atoms with van der Waals surface area (Å²) in [5, 5.41) is 17.5. The van der Waals surface area contributed by atoms with Gasteiger partial charge in [-0.3, -0.25) is 9.59 Å². The minimum Gasteiger partial charge on any atom is -0.512 e. The normalized spacial score (nSPS) is 24.6. The molecule has 16 heavy (non-hydrogen) atoms. The summed E-state index contributed by atoms with van der Waals surface area (Å²) < 4.78 is 0. The predicted molar refractivity (Wildman–Crippen MR) is 59.0 cm³/mol. The van der Waals surface area contributed by atoms with Crippen molar-refractivity contribution in [3.63, 3.8) is 0 Å². The Kier molecular flexibility index (Phi) is 4.92.